The van der Waals surface area contributed by atoms with E-state index < -0.39 is 11.4 Å². The third kappa shape index (κ3) is 4.38. The van der Waals surface area contributed by atoms with Crippen LogP contribution in [0, 0.1) is 0 Å². The summed E-state index contributed by atoms with van der Waals surface area (Å²) in [7, 11) is 0. The Bertz CT molecular complexity index is 310. The molecule has 5 heteroatoms. The molecular weight excluding hydrogens is 225 g/mol. The lowest BCUT2D eigenvalue weighted by atomic mass is 10.0. The predicted octanol–water partition coefficient (Wildman–Crippen LogP) is 3.22. The molecule has 82 valence electrons. The lowest BCUT2D eigenvalue weighted by Gasteiger charge is -2.11. The molecular formula is C10H9F3OS. The molecule has 0 bridgehead atoms. The van der Waals surface area contributed by atoms with Crippen LogP contribution in [0.4, 0.5) is 13.2 Å². The fraction of sp³-hybridized carbons (Fsp3) is 0.300. The normalized spacial score (nSPS) is 13.5. The molecule has 0 fully saturated rings. The van der Waals surface area contributed by atoms with Gasteiger partial charge in [0.1, 0.15) is 6.29 Å². The third-order valence-corrected chi connectivity index (χ3v) is 2.67. The van der Waals surface area contributed by atoms with E-state index in [1.165, 1.54) is 0 Å². The number of aldehydes is 1. The van der Waals surface area contributed by atoms with E-state index in [-0.39, 0.29) is 17.5 Å². The molecule has 0 amide bonds. The van der Waals surface area contributed by atoms with E-state index in [1.807, 2.05) is 0 Å². The van der Waals surface area contributed by atoms with Crippen molar-refractivity contribution in [2.75, 3.05) is 5.75 Å². The zero-order valence-electron chi connectivity index (χ0n) is 7.70. The van der Waals surface area contributed by atoms with Gasteiger partial charge in [-0.1, -0.05) is 30.3 Å². The lowest BCUT2D eigenvalue weighted by molar-refractivity contribution is -0.108. The lowest BCUT2D eigenvalue weighted by Crippen LogP contribution is -2.09. The highest BCUT2D eigenvalue weighted by atomic mass is 32.2. The Morgan fingerprint density at radius 1 is 1.27 bits per heavy atom. The van der Waals surface area contributed by atoms with E-state index in [0.29, 0.717) is 11.8 Å². The van der Waals surface area contributed by atoms with E-state index in [9.17, 15) is 18.0 Å². The van der Waals surface area contributed by atoms with Crippen LogP contribution in [0.3, 0.4) is 0 Å². The first kappa shape index (κ1) is 12.1. The van der Waals surface area contributed by atoms with Crippen LogP contribution >= 0.6 is 11.8 Å². The summed E-state index contributed by atoms with van der Waals surface area (Å²) in [5.41, 5.74) is -3.67. The molecule has 0 aromatic heterocycles. The van der Waals surface area contributed by atoms with Crippen molar-refractivity contribution in [3.63, 3.8) is 0 Å². The summed E-state index contributed by atoms with van der Waals surface area (Å²) in [5, 5.41) is 0. The summed E-state index contributed by atoms with van der Waals surface area (Å²) < 4.78 is 35.7. The Hall–Kier alpha value is -0.970. The molecule has 1 unspecified atom stereocenters. The molecule has 15 heavy (non-hydrogen) atoms. The number of carbonyl (C=O) groups is 1. The largest absolute Gasteiger partial charge is 0.441 e. The zero-order valence-corrected chi connectivity index (χ0v) is 8.52. The fourth-order valence-corrected chi connectivity index (χ4v) is 1.74. The molecule has 0 aliphatic carbocycles. The second kappa shape index (κ2) is 5.21. The van der Waals surface area contributed by atoms with Crippen molar-refractivity contribution in [1.82, 2.24) is 0 Å². The fourth-order valence-electron chi connectivity index (χ4n) is 1.10. The maximum atomic E-state index is 11.9. The van der Waals surface area contributed by atoms with E-state index in [2.05, 4.69) is 0 Å². The highest BCUT2D eigenvalue weighted by Gasteiger charge is 2.29. The molecule has 0 spiro atoms. The number of hydrogen-bond donors (Lipinski definition) is 0. The number of thioether (sulfide) groups is 1. The van der Waals surface area contributed by atoms with Crippen LogP contribution in [-0.2, 0) is 4.79 Å². The van der Waals surface area contributed by atoms with Crippen molar-refractivity contribution >= 4 is 18.0 Å². The van der Waals surface area contributed by atoms with Gasteiger partial charge >= 0.3 is 5.51 Å². The molecule has 0 aliphatic rings. The summed E-state index contributed by atoms with van der Waals surface area (Å²) in [6.07, 6.45) is 0.550. The van der Waals surface area contributed by atoms with E-state index >= 15 is 0 Å². The van der Waals surface area contributed by atoms with E-state index in [4.69, 9.17) is 0 Å². The molecule has 1 aromatic rings. The number of rotatable bonds is 4. The van der Waals surface area contributed by atoms with E-state index in [1.54, 1.807) is 30.3 Å². The highest BCUT2D eigenvalue weighted by molar-refractivity contribution is 8.00. The van der Waals surface area contributed by atoms with Gasteiger partial charge in [-0.2, -0.15) is 13.2 Å². The summed E-state index contributed by atoms with van der Waals surface area (Å²) in [6, 6.07) is 8.45. The van der Waals surface area contributed by atoms with Crippen LogP contribution in [-0.4, -0.2) is 17.5 Å². The predicted molar refractivity (Wildman–Crippen MR) is 53.8 cm³/mol. The Balaban J connectivity index is 2.62. The minimum Gasteiger partial charge on any atom is -0.303 e. The molecule has 0 saturated carbocycles. The molecule has 1 atom stereocenters. The van der Waals surface area contributed by atoms with Crippen molar-refractivity contribution in [2.45, 2.75) is 11.4 Å². The number of halogens is 3. The number of alkyl halides is 3. The van der Waals surface area contributed by atoms with Crippen molar-refractivity contribution in [1.29, 1.82) is 0 Å². The highest BCUT2D eigenvalue weighted by Crippen LogP contribution is 2.33. The van der Waals surface area contributed by atoms with Crippen LogP contribution in [0.25, 0.3) is 0 Å². The summed E-state index contributed by atoms with van der Waals surface area (Å²) in [6.45, 7) is 0. The first-order chi connectivity index (χ1) is 7.03. The van der Waals surface area contributed by atoms with Crippen LogP contribution in [0.1, 0.15) is 11.5 Å². The molecule has 0 heterocycles. The molecule has 1 rings (SSSR count). The van der Waals surface area contributed by atoms with Crippen LogP contribution in [0.2, 0.25) is 0 Å². The van der Waals surface area contributed by atoms with Gasteiger partial charge in [0.2, 0.25) is 0 Å². The van der Waals surface area contributed by atoms with Crippen molar-refractivity contribution < 1.29 is 18.0 Å². The Labute approximate surface area is 89.7 Å². The first-order valence-electron chi connectivity index (χ1n) is 4.24. The van der Waals surface area contributed by atoms with Gasteiger partial charge in [-0.15, -0.1) is 0 Å². The van der Waals surface area contributed by atoms with Gasteiger partial charge in [0.25, 0.3) is 0 Å². The van der Waals surface area contributed by atoms with Gasteiger partial charge in [0.15, 0.2) is 0 Å². The maximum absolute atomic E-state index is 11.9. The van der Waals surface area contributed by atoms with Gasteiger partial charge in [-0.05, 0) is 17.3 Å². The molecule has 0 saturated heterocycles. The zero-order chi connectivity index (χ0) is 11.3. The summed E-state index contributed by atoms with van der Waals surface area (Å²) >= 11 is -0.170. The second-order valence-electron chi connectivity index (χ2n) is 2.91. The van der Waals surface area contributed by atoms with Gasteiger partial charge in [0, 0.05) is 11.7 Å². The third-order valence-electron chi connectivity index (χ3n) is 1.82. The Morgan fingerprint density at radius 3 is 2.33 bits per heavy atom. The average Bonchev–Trinajstić information content (AvgIpc) is 2.19. The Kier molecular flexibility index (Phi) is 4.20. The number of carbonyl (C=O) groups excluding carboxylic acids is 1. The topological polar surface area (TPSA) is 17.1 Å². The summed E-state index contributed by atoms with van der Waals surface area (Å²) in [5.74, 6) is -0.963. The Morgan fingerprint density at radius 2 is 1.87 bits per heavy atom. The summed E-state index contributed by atoms with van der Waals surface area (Å²) in [4.78, 5) is 10.6. The smallest absolute Gasteiger partial charge is 0.303 e. The molecule has 0 N–H and O–H groups in total. The maximum Gasteiger partial charge on any atom is 0.441 e. The molecule has 1 aromatic carbocycles. The van der Waals surface area contributed by atoms with Gasteiger partial charge in [-0.3, -0.25) is 0 Å². The van der Waals surface area contributed by atoms with Crippen molar-refractivity contribution in [3.8, 4) is 0 Å². The monoisotopic (exact) mass is 234 g/mol. The van der Waals surface area contributed by atoms with Crippen LogP contribution < -0.4 is 0 Å². The average molecular weight is 234 g/mol. The van der Waals surface area contributed by atoms with Crippen molar-refractivity contribution in [3.05, 3.63) is 35.9 Å². The molecule has 0 aliphatic heterocycles. The quantitative estimate of drug-likeness (QED) is 0.744. The van der Waals surface area contributed by atoms with E-state index in [0.717, 1.165) is 0 Å². The van der Waals surface area contributed by atoms with Gasteiger partial charge in [0.05, 0.1) is 0 Å². The van der Waals surface area contributed by atoms with Crippen LogP contribution in [0.15, 0.2) is 30.3 Å². The minimum atomic E-state index is -4.28. The minimum absolute atomic E-state index is 0.170. The van der Waals surface area contributed by atoms with Crippen LogP contribution in [0.5, 0.6) is 0 Å². The second-order valence-corrected chi connectivity index (χ2v) is 3.99. The SMILES string of the molecule is O=CC(CSC(F)(F)F)c1ccccc1. The first-order valence-corrected chi connectivity index (χ1v) is 5.22. The number of benzene rings is 1. The van der Waals surface area contributed by atoms with Gasteiger partial charge in [-0.25, -0.2) is 0 Å². The molecule has 0 radical (unpaired) electrons. The van der Waals surface area contributed by atoms with Crippen molar-refractivity contribution in [2.24, 2.45) is 0 Å². The molecule has 1 nitrogen and oxygen atoms in total. The van der Waals surface area contributed by atoms with Gasteiger partial charge < -0.3 is 4.79 Å². The number of hydrogen-bond acceptors (Lipinski definition) is 2. The standard InChI is InChI=1S/C10H9F3OS/c11-10(12,13)15-7-9(6-14)8-4-2-1-3-5-8/h1-6,9H,7H2.